The average Bonchev–Trinajstić information content (AvgIpc) is 1.96. The molecule has 0 atom stereocenters. The van der Waals surface area contributed by atoms with E-state index in [1.165, 1.54) is 0 Å². The van der Waals surface area contributed by atoms with Gasteiger partial charge in [-0.2, -0.15) is 0 Å². The molecule has 0 aromatic rings. The fourth-order valence-corrected chi connectivity index (χ4v) is 5.21. The number of hydrogen-bond acceptors (Lipinski definition) is 21. The van der Waals surface area contributed by atoms with Crippen molar-refractivity contribution in [3.05, 3.63) is 0 Å². The molecule has 0 spiro atoms. The van der Waals surface area contributed by atoms with Gasteiger partial charge >= 0.3 is 196 Å². The summed E-state index contributed by atoms with van der Waals surface area (Å²) in [5.74, 6) is 0. The van der Waals surface area contributed by atoms with E-state index >= 15 is 0 Å². The zero-order chi connectivity index (χ0) is 23.1. The fraction of sp³-hybridized carbons (Fsp3) is 0. The van der Waals surface area contributed by atoms with Crippen molar-refractivity contribution in [1.82, 2.24) is 0 Å². The van der Waals surface area contributed by atoms with Crippen molar-refractivity contribution in [2.24, 2.45) is 0 Å². The molecule has 0 aliphatic heterocycles. The Morgan fingerprint density at radius 2 is 0.379 bits per heavy atom. The van der Waals surface area contributed by atoms with Gasteiger partial charge in [0, 0.05) is 0 Å². The predicted octanol–water partition coefficient (Wildman–Crippen LogP) is -8.78. The molecule has 0 rings (SSSR count). The van der Waals surface area contributed by atoms with Crippen LogP contribution in [0.1, 0.15) is 0 Å². The Bertz CT molecular complexity index is 848. The minimum atomic E-state index is -6.07. The normalized spacial score (nSPS) is 12.6. The van der Waals surface area contributed by atoms with Gasteiger partial charge < -0.3 is 0 Å². The van der Waals surface area contributed by atoms with Gasteiger partial charge in [-0.3, -0.25) is 0 Å². The van der Waals surface area contributed by atoms with Crippen LogP contribution in [-0.4, -0.2) is 0 Å². The third-order valence-corrected chi connectivity index (χ3v) is 8.50. The van der Waals surface area contributed by atoms with Crippen molar-refractivity contribution in [2.75, 3.05) is 0 Å². The van der Waals surface area contributed by atoms with Gasteiger partial charge in [-0.1, -0.05) is 0 Å². The van der Waals surface area contributed by atoms with E-state index in [4.69, 9.17) is 0 Å². The Balaban J connectivity index is -0.0000000960. The van der Waals surface area contributed by atoms with E-state index in [0.717, 1.165) is 0 Å². The van der Waals surface area contributed by atoms with Crippen LogP contribution in [0.2, 0.25) is 0 Å². The maximum absolute atomic E-state index is 9.38. The van der Waals surface area contributed by atoms with Crippen LogP contribution in [0, 0.1) is 0 Å². The van der Waals surface area contributed by atoms with Gasteiger partial charge in [0.15, 0.2) is 0 Å². The van der Waals surface area contributed by atoms with E-state index < -0.39 is 81.7 Å². The summed E-state index contributed by atoms with van der Waals surface area (Å²) < 4.78 is 177. The molecule has 0 bridgehead atoms. The summed E-state index contributed by atoms with van der Waals surface area (Å²) in [4.78, 5) is 0. The summed E-state index contributed by atoms with van der Waals surface area (Å²) in [6, 6.07) is 0. The van der Waals surface area contributed by atoms with Crippen LogP contribution in [0.3, 0.4) is 0 Å². The van der Waals surface area contributed by atoms with Crippen molar-refractivity contribution in [1.29, 1.82) is 0 Å². The van der Waals surface area contributed by atoms with Crippen molar-refractivity contribution < 1.29 is 196 Å². The molecule has 0 unspecified atom stereocenters. The van der Waals surface area contributed by atoms with Crippen LogP contribution in [0.5, 0.6) is 0 Å². The summed E-state index contributed by atoms with van der Waals surface area (Å²) in [6.45, 7) is 0. The van der Waals surface area contributed by atoms with Gasteiger partial charge in [0.2, 0.25) is 0 Å². The van der Waals surface area contributed by atoms with E-state index in [-0.39, 0.29) is 34.7 Å². The van der Waals surface area contributed by atoms with Crippen molar-refractivity contribution in [3.8, 4) is 0 Å². The van der Waals surface area contributed by atoms with Crippen LogP contribution < -0.4 is 24.9 Å². The Morgan fingerprint density at radius 1 is 0.310 bits per heavy atom. The van der Waals surface area contributed by atoms with Crippen LogP contribution in [0.15, 0.2) is 0 Å². The summed E-state index contributed by atoms with van der Waals surface area (Å²) >= 11 is -36.4. The monoisotopic (exact) mass is 751 g/mol. The van der Waals surface area contributed by atoms with Gasteiger partial charge in [-0.15, -0.1) is 0 Å². The van der Waals surface area contributed by atoms with E-state index in [1.807, 2.05) is 0 Å². The van der Waals surface area contributed by atoms with Crippen LogP contribution >= 0.6 is 0 Å². The summed E-state index contributed by atoms with van der Waals surface area (Å²) in [6.07, 6.45) is 0. The summed E-state index contributed by atoms with van der Waals surface area (Å²) in [7, 11) is 0. The maximum atomic E-state index is 9.38. The molecule has 0 saturated heterocycles. The van der Waals surface area contributed by atoms with E-state index in [1.54, 1.807) is 0 Å². The molecule has 29 heavy (non-hydrogen) atoms. The Labute approximate surface area is 193 Å². The second kappa shape index (κ2) is 14.6. The van der Waals surface area contributed by atoms with E-state index in [2.05, 4.69) is 8.52 Å². The van der Waals surface area contributed by atoms with Gasteiger partial charge in [-0.25, -0.2) is 0 Å². The van der Waals surface area contributed by atoms with E-state index in [0.29, 0.717) is 0 Å². The third kappa shape index (κ3) is 58.7. The van der Waals surface area contributed by atoms with Crippen molar-refractivity contribution >= 4 is 0 Å². The minimum absolute atomic E-state index is 0. The van der Waals surface area contributed by atoms with Gasteiger partial charge in [-0.05, 0) is 0 Å². The molecule has 0 aromatic carbocycles. The van der Waals surface area contributed by atoms with Gasteiger partial charge in [0.25, 0.3) is 0 Å². The molecule has 2 radical (unpaired) electrons. The topological polar surface area (TPSA) is 371 Å². The standard InChI is InChI=1S/8Cr.21O/q;;;;;;2*+3;;;;;;;;;;;;;;;;6*-1. The molecule has 0 aliphatic carbocycles. The molecular weight excluding hydrogens is 752 g/mol. The van der Waals surface area contributed by atoms with E-state index in [9.17, 15) is 70.6 Å². The second-order valence-corrected chi connectivity index (χ2v) is 13.6. The Morgan fingerprint density at radius 3 is 0.379 bits per heavy atom. The molecule has 0 aliphatic rings. The number of rotatable bonds is 6. The zero-order valence-electron chi connectivity index (χ0n) is 11.8. The second-order valence-electron chi connectivity index (χ2n) is 2.65. The van der Waals surface area contributed by atoms with Crippen LogP contribution in [0.25, 0.3) is 0 Å². The first-order valence-corrected chi connectivity index (χ1v) is 16.5. The molecule has 0 aromatic heterocycles. The molecule has 0 amide bonds. The SMILES string of the molecule is [Cr+3].[Cr+3].[O]=[Cr](=[O])([O-])[O][Cr](=[O])(=[O])[O-].[O]=[Cr](=[O])([O-])[O][Cr](=[O])(=[O])[O-].[O]=[Cr](=[O])([O-])[O][Cr](=[O])(=[O])[O-]. The molecule has 0 saturated carbocycles. The molecule has 174 valence electrons. The Hall–Kier alpha value is 1.50. The molecular formula is Cr8O21. The van der Waals surface area contributed by atoms with Crippen molar-refractivity contribution in [3.63, 3.8) is 0 Å². The third-order valence-electron chi connectivity index (χ3n) is 0.500. The first-order valence-electron chi connectivity index (χ1n) is 4.00. The number of hydrogen-bond donors (Lipinski definition) is 0. The molecule has 0 heterocycles. The predicted molar refractivity (Wildman–Crippen MR) is 11.5 cm³/mol. The molecule has 0 N–H and O–H groups in total. The first-order chi connectivity index (χ1) is 11.1. The molecule has 21 nitrogen and oxygen atoms in total. The molecule has 0 fully saturated rings. The van der Waals surface area contributed by atoms with Crippen LogP contribution in [0.4, 0.5) is 0 Å². The zero-order valence-corrected chi connectivity index (χ0v) is 22.0. The summed E-state index contributed by atoms with van der Waals surface area (Å²) in [5.41, 5.74) is 0. The average molecular weight is 752 g/mol. The fourth-order valence-electron chi connectivity index (χ4n) is 0.306. The first kappa shape index (κ1) is 40.8. The summed E-state index contributed by atoms with van der Waals surface area (Å²) in [5, 5.41) is 0. The Kier molecular flexibility index (Phi) is 20.6. The van der Waals surface area contributed by atoms with Gasteiger partial charge in [0.1, 0.15) is 0 Å². The molecule has 29 heteroatoms. The van der Waals surface area contributed by atoms with Crippen molar-refractivity contribution in [2.45, 2.75) is 0 Å². The van der Waals surface area contributed by atoms with Gasteiger partial charge in [0.05, 0.1) is 0 Å². The quantitative estimate of drug-likeness (QED) is 0.243. The van der Waals surface area contributed by atoms with Crippen LogP contribution in [-0.2, 0) is 171 Å².